The van der Waals surface area contributed by atoms with Crippen LogP contribution in [0.15, 0.2) is 72.5 Å². The minimum Gasteiger partial charge on any atom is -0.344 e. The van der Waals surface area contributed by atoms with E-state index >= 15 is 0 Å². The third-order valence-electron chi connectivity index (χ3n) is 7.96. The van der Waals surface area contributed by atoms with Gasteiger partial charge in [-0.25, -0.2) is 0 Å². The zero-order valence-corrected chi connectivity index (χ0v) is 23.1. The molecule has 0 spiro atoms. The van der Waals surface area contributed by atoms with Crippen LogP contribution < -0.4 is 4.90 Å². The summed E-state index contributed by atoms with van der Waals surface area (Å²) in [5.41, 5.74) is 8.11. The van der Waals surface area contributed by atoms with Crippen LogP contribution in [-0.2, 0) is 15.6 Å². The number of para-hydroxylation sites is 2. The fraction of sp³-hybridized carbons (Fsp3) is 0.455. The van der Waals surface area contributed by atoms with Gasteiger partial charge in [0.1, 0.15) is 12.3 Å². The lowest BCUT2D eigenvalue weighted by molar-refractivity contribution is -0.437. The highest BCUT2D eigenvalue weighted by Crippen LogP contribution is 2.47. The number of benzene rings is 2. The first-order chi connectivity index (χ1) is 17.2. The molecule has 2 aromatic rings. The van der Waals surface area contributed by atoms with Crippen LogP contribution in [-0.4, -0.2) is 29.2 Å². The Kier molecular flexibility index (Phi) is 7.68. The lowest BCUT2D eigenvalue weighted by Crippen LogP contribution is -2.28. The highest BCUT2D eigenvalue weighted by Gasteiger charge is 2.44. The van der Waals surface area contributed by atoms with Crippen LogP contribution in [0.3, 0.4) is 0 Å². The normalized spacial score (nSPS) is 18.8. The van der Waals surface area contributed by atoms with Crippen molar-refractivity contribution in [1.82, 2.24) is 0 Å². The van der Waals surface area contributed by atoms with E-state index in [1.165, 1.54) is 33.9 Å². The summed E-state index contributed by atoms with van der Waals surface area (Å²) in [6.45, 7) is 15.3. The maximum absolute atomic E-state index is 11.3. The van der Waals surface area contributed by atoms with E-state index in [-0.39, 0.29) is 10.8 Å². The highest BCUT2D eigenvalue weighted by molar-refractivity contribution is 6.03. The Morgan fingerprint density at radius 1 is 0.917 bits per heavy atom. The van der Waals surface area contributed by atoms with E-state index in [2.05, 4.69) is 111 Å². The van der Waals surface area contributed by atoms with Crippen molar-refractivity contribution in [3.8, 4) is 0 Å². The molecule has 190 valence electrons. The molecule has 2 aromatic carbocycles. The third-order valence-corrected chi connectivity index (χ3v) is 7.96. The third kappa shape index (κ3) is 4.85. The zero-order chi connectivity index (χ0) is 25.9. The van der Waals surface area contributed by atoms with Gasteiger partial charge in [-0.05, 0) is 51.3 Å². The number of Topliss-reactive ketones (excluding diaryl/α,β-unsaturated/α-hetero) is 1. The fourth-order valence-corrected chi connectivity index (χ4v) is 6.04. The van der Waals surface area contributed by atoms with E-state index in [4.69, 9.17) is 0 Å². The smallest absolute Gasteiger partial charge is 0.209 e. The van der Waals surface area contributed by atoms with Crippen LogP contribution in [0.4, 0.5) is 11.4 Å². The molecule has 4 rings (SSSR count). The number of ketones is 1. The predicted octanol–water partition coefficient (Wildman–Crippen LogP) is 7.86. The fourth-order valence-electron chi connectivity index (χ4n) is 6.04. The van der Waals surface area contributed by atoms with Gasteiger partial charge in [0.15, 0.2) is 5.71 Å². The van der Waals surface area contributed by atoms with Crippen LogP contribution in [0, 0.1) is 0 Å². The first-order valence-electron chi connectivity index (χ1n) is 13.7. The van der Waals surface area contributed by atoms with Gasteiger partial charge in [0.2, 0.25) is 5.69 Å². The van der Waals surface area contributed by atoms with E-state index in [0.717, 1.165) is 38.8 Å². The van der Waals surface area contributed by atoms with Gasteiger partial charge < -0.3 is 9.69 Å². The van der Waals surface area contributed by atoms with E-state index in [1.807, 2.05) is 0 Å². The maximum atomic E-state index is 11.3. The number of anilines is 1. The van der Waals surface area contributed by atoms with Crippen molar-refractivity contribution < 1.29 is 9.37 Å². The molecule has 0 bridgehead atoms. The second-order valence-electron chi connectivity index (χ2n) is 11.4. The summed E-state index contributed by atoms with van der Waals surface area (Å²) in [4.78, 5) is 13.9. The Balaban J connectivity index is 1.64. The summed E-state index contributed by atoms with van der Waals surface area (Å²) in [5.74, 6) is 0.292. The Morgan fingerprint density at radius 2 is 1.61 bits per heavy atom. The minimum absolute atomic E-state index is 0.0225. The Morgan fingerprint density at radius 3 is 2.33 bits per heavy atom. The minimum atomic E-state index is -0.0533. The summed E-state index contributed by atoms with van der Waals surface area (Å²) in [6, 6.07) is 17.7. The van der Waals surface area contributed by atoms with Crippen LogP contribution in [0.25, 0.3) is 0 Å². The molecule has 0 unspecified atom stereocenters. The Hall–Kier alpha value is -2.94. The molecule has 0 aliphatic carbocycles. The quantitative estimate of drug-likeness (QED) is 0.254. The number of hydrogen-bond acceptors (Lipinski definition) is 2. The van der Waals surface area contributed by atoms with Gasteiger partial charge in [-0.3, -0.25) is 0 Å². The number of hydrogen-bond donors (Lipinski definition) is 0. The molecule has 36 heavy (non-hydrogen) atoms. The zero-order valence-electron chi connectivity index (χ0n) is 23.1. The van der Waals surface area contributed by atoms with Crippen molar-refractivity contribution in [1.29, 1.82) is 0 Å². The number of carbonyl (C=O) groups excluding carboxylic acids is 1. The van der Waals surface area contributed by atoms with Gasteiger partial charge in [0, 0.05) is 53.9 Å². The van der Waals surface area contributed by atoms with E-state index in [1.54, 1.807) is 6.92 Å². The summed E-state index contributed by atoms with van der Waals surface area (Å²) >= 11 is 0. The van der Waals surface area contributed by atoms with Gasteiger partial charge >= 0.3 is 0 Å². The van der Waals surface area contributed by atoms with Gasteiger partial charge in [0.25, 0.3) is 0 Å². The first kappa shape index (κ1) is 26.1. The second kappa shape index (κ2) is 10.6. The number of fused-ring (bicyclic) bond motifs is 2. The van der Waals surface area contributed by atoms with Gasteiger partial charge in [-0.1, -0.05) is 69.7 Å². The van der Waals surface area contributed by atoms with Gasteiger partial charge in [-0.15, -0.1) is 0 Å². The molecule has 0 radical (unpaired) electrons. The molecule has 2 aliphatic rings. The Bertz CT molecular complexity index is 1210. The number of rotatable bonds is 10. The summed E-state index contributed by atoms with van der Waals surface area (Å²) < 4.78 is 2.51. The van der Waals surface area contributed by atoms with Crippen molar-refractivity contribution in [2.75, 3.05) is 18.0 Å². The molecule has 2 aliphatic heterocycles. The average molecular weight is 484 g/mol. The number of nitrogens with zero attached hydrogens (tertiary/aromatic N) is 2. The molecule has 0 saturated carbocycles. The molecule has 0 N–H and O–H groups in total. The van der Waals surface area contributed by atoms with Gasteiger partial charge in [0.05, 0.1) is 5.41 Å². The standard InChI is InChI=1S/C33H43N2O/c1-7-23-34-28-19-12-10-17-26(28)32(3,4)30(34)21-15-22-31-33(5,6)27-18-11-13-20-29(27)35(31)24-14-8-9-16-25(2)36/h10-13,15,17-22H,7-9,14,16,23-24H2,1-6H3/q+1. The largest absolute Gasteiger partial charge is 0.344 e. The average Bonchev–Trinajstić information content (AvgIpc) is 3.19. The van der Waals surface area contributed by atoms with Gasteiger partial charge in [-0.2, -0.15) is 4.58 Å². The number of carbonyl (C=O) groups is 1. The van der Waals surface area contributed by atoms with Crippen molar-refractivity contribution in [2.24, 2.45) is 0 Å². The number of unbranched alkanes of at least 4 members (excludes halogenated alkanes) is 2. The lowest BCUT2D eigenvalue weighted by atomic mass is 9.81. The van der Waals surface area contributed by atoms with E-state index < -0.39 is 0 Å². The van der Waals surface area contributed by atoms with E-state index in [0.29, 0.717) is 12.2 Å². The lowest BCUT2D eigenvalue weighted by Gasteiger charge is -2.27. The predicted molar refractivity (Wildman–Crippen MR) is 153 cm³/mol. The molecule has 0 fully saturated rings. The summed E-state index contributed by atoms with van der Waals surface area (Å²) in [6.07, 6.45) is 11.9. The molecule has 0 saturated heterocycles. The Labute approximate surface area is 218 Å². The molecule has 3 heteroatoms. The molecular weight excluding hydrogens is 440 g/mol. The summed E-state index contributed by atoms with van der Waals surface area (Å²) in [7, 11) is 0. The first-order valence-corrected chi connectivity index (χ1v) is 13.7. The second-order valence-corrected chi connectivity index (χ2v) is 11.4. The molecular formula is C33H43N2O+. The maximum Gasteiger partial charge on any atom is 0.209 e. The van der Waals surface area contributed by atoms with Crippen LogP contribution in [0.2, 0.25) is 0 Å². The number of allylic oxidation sites excluding steroid dienone is 4. The van der Waals surface area contributed by atoms with Crippen LogP contribution in [0.1, 0.15) is 84.8 Å². The molecule has 0 aromatic heterocycles. The topological polar surface area (TPSA) is 23.3 Å². The monoisotopic (exact) mass is 483 g/mol. The molecule has 3 nitrogen and oxygen atoms in total. The van der Waals surface area contributed by atoms with Crippen molar-refractivity contribution in [3.63, 3.8) is 0 Å². The van der Waals surface area contributed by atoms with Crippen molar-refractivity contribution in [2.45, 2.75) is 84.5 Å². The molecule has 0 amide bonds. The van der Waals surface area contributed by atoms with E-state index in [9.17, 15) is 4.79 Å². The van der Waals surface area contributed by atoms with Crippen molar-refractivity contribution in [3.05, 3.63) is 83.6 Å². The van der Waals surface area contributed by atoms with Crippen LogP contribution in [0.5, 0.6) is 0 Å². The highest BCUT2D eigenvalue weighted by atomic mass is 16.1. The van der Waals surface area contributed by atoms with Crippen LogP contribution >= 0.6 is 0 Å². The molecule has 0 atom stereocenters. The van der Waals surface area contributed by atoms with Crippen molar-refractivity contribution >= 4 is 22.9 Å². The summed E-state index contributed by atoms with van der Waals surface area (Å²) in [5, 5.41) is 0. The molecule has 2 heterocycles. The SMILES string of the molecule is CCC[N+]1=C(/C=C/C=C2/N(CCCCCC(C)=O)c3ccccc3C2(C)C)C(C)(C)c2ccccc21.